The molecule has 12 heteroatoms. The molecule has 1 aliphatic rings. The van der Waals surface area contributed by atoms with Crippen LogP contribution < -0.4 is 0 Å². The molecular weight excluding hydrogens is 901 g/mol. The molecule has 400 valence electrons. The Morgan fingerprint density at radius 3 is 1.39 bits per heavy atom. The van der Waals surface area contributed by atoms with E-state index in [4.69, 9.17) is 23.7 Å². The molecule has 1 aliphatic heterocycles. The maximum Gasteiger partial charge on any atom is 0.335 e. The topological polar surface area (TPSA) is 175 Å². The minimum Gasteiger partial charge on any atom is -0.479 e. The Labute approximate surface area is 427 Å². The molecule has 0 radical (unpaired) electrons. The van der Waals surface area contributed by atoms with E-state index in [0.717, 1.165) is 109 Å². The fourth-order valence-corrected chi connectivity index (χ4v) is 7.21. The van der Waals surface area contributed by atoms with Gasteiger partial charge >= 0.3 is 23.9 Å². The lowest BCUT2D eigenvalue weighted by molar-refractivity contribution is -0.301. The molecule has 1 rings (SSSR count). The van der Waals surface area contributed by atoms with Gasteiger partial charge in [-0.1, -0.05) is 162 Å². The van der Waals surface area contributed by atoms with E-state index in [2.05, 4.69) is 130 Å². The predicted octanol–water partition coefficient (Wildman–Crippen LogP) is 13.1. The van der Waals surface area contributed by atoms with Crippen molar-refractivity contribution in [3.05, 3.63) is 109 Å². The minimum absolute atomic E-state index is 0.00234. The third kappa shape index (κ3) is 36.9. The number of aliphatic carboxylic acids is 1. The van der Waals surface area contributed by atoms with E-state index in [0.29, 0.717) is 25.7 Å². The number of aliphatic hydroxyl groups is 2. The fraction of sp³-hybridized carbons (Fsp3) is 0.627. The summed E-state index contributed by atoms with van der Waals surface area (Å²) in [5.41, 5.74) is 0. The summed E-state index contributed by atoms with van der Waals surface area (Å²) in [6.45, 7) is 5.62. The van der Waals surface area contributed by atoms with Crippen LogP contribution in [0.25, 0.3) is 0 Å². The monoisotopic (exact) mass is 993 g/mol. The van der Waals surface area contributed by atoms with Crippen molar-refractivity contribution in [2.24, 2.45) is 0 Å². The van der Waals surface area contributed by atoms with Gasteiger partial charge < -0.3 is 39.0 Å². The van der Waals surface area contributed by atoms with Crippen LogP contribution in [-0.4, -0.2) is 89.2 Å². The van der Waals surface area contributed by atoms with E-state index in [-0.39, 0.29) is 25.9 Å². The SMILES string of the molecule is CC/C=C\C/C=C\C/C=C\C/C=C\CCCCC(=O)OCC(COC1OC(C(=O)O)C(O)C(O)C1OC(=O)CCCC/C=C\C/C=C\C/C=C\C/C=C\CC)OC(=O)CCCCCCC/C=C\CCCC. The molecule has 0 aliphatic carbocycles. The number of unbranched alkanes of at least 4 members (excludes halogenated alkanes) is 11. The van der Waals surface area contributed by atoms with Gasteiger partial charge in [0.2, 0.25) is 0 Å². The van der Waals surface area contributed by atoms with Gasteiger partial charge in [0.15, 0.2) is 24.6 Å². The lowest BCUT2D eigenvalue weighted by Crippen LogP contribution is -2.61. The molecule has 1 saturated heterocycles. The molecule has 0 aromatic rings. The molecule has 3 N–H and O–H groups in total. The van der Waals surface area contributed by atoms with Crippen molar-refractivity contribution in [3.8, 4) is 0 Å². The van der Waals surface area contributed by atoms with Gasteiger partial charge in [0.05, 0.1) is 6.61 Å². The third-order valence-electron chi connectivity index (χ3n) is 11.3. The van der Waals surface area contributed by atoms with Crippen molar-refractivity contribution < 1.29 is 58.2 Å². The lowest BCUT2D eigenvalue weighted by Gasteiger charge is -2.40. The molecule has 1 heterocycles. The Kier molecular flexibility index (Phi) is 42.1. The second kappa shape index (κ2) is 46.5. The number of esters is 3. The van der Waals surface area contributed by atoms with Crippen molar-refractivity contribution >= 4 is 23.9 Å². The molecule has 0 aromatic carbocycles. The van der Waals surface area contributed by atoms with Gasteiger partial charge in [0.1, 0.15) is 18.8 Å². The summed E-state index contributed by atoms with van der Waals surface area (Å²) in [5, 5.41) is 31.4. The molecular formula is C59H92O12. The largest absolute Gasteiger partial charge is 0.479 e. The van der Waals surface area contributed by atoms with E-state index in [9.17, 15) is 34.5 Å². The Morgan fingerprint density at radius 2 is 0.887 bits per heavy atom. The first-order valence-electron chi connectivity index (χ1n) is 26.9. The molecule has 1 fully saturated rings. The number of carbonyl (C=O) groups excluding carboxylic acids is 3. The van der Waals surface area contributed by atoms with Gasteiger partial charge in [-0.25, -0.2) is 4.79 Å². The van der Waals surface area contributed by atoms with Crippen molar-refractivity contribution in [1.29, 1.82) is 0 Å². The van der Waals surface area contributed by atoms with Crippen LogP contribution in [0.3, 0.4) is 0 Å². The molecule has 6 atom stereocenters. The highest BCUT2D eigenvalue weighted by atomic mass is 16.7. The quantitative estimate of drug-likeness (QED) is 0.0229. The maximum atomic E-state index is 13.1. The highest BCUT2D eigenvalue weighted by Crippen LogP contribution is 2.26. The molecule has 0 aromatic heterocycles. The fourth-order valence-electron chi connectivity index (χ4n) is 7.21. The molecule has 12 nitrogen and oxygen atoms in total. The Morgan fingerprint density at radius 1 is 0.479 bits per heavy atom. The summed E-state index contributed by atoms with van der Waals surface area (Å²) in [6.07, 6.45) is 49.4. The number of hydrogen-bond donors (Lipinski definition) is 3. The van der Waals surface area contributed by atoms with Crippen LogP contribution >= 0.6 is 0 Å². The zero-order chi connectivity index (χ0) is 51.8. The first kappa shape index (κ1) is 64.4. The Bertz CT molecular complexity index is 1650. The van der Waals surface area contributed by atoms with Gasteiger partial charge in [-0.15, -0.1) is 0 Å². The van der Waals surface area contributed by atoms with E-state index in [1.54, 1.807) is 0 Å². The van der Waals surface area contributed by atoms with Crippen molar-refractivity contribution in [2.75, 3.05) is 13.2 Å². The summed E-state index contributed by atoms with van der Waals surface area (Å²) in [5.74, 6) is -3.26. The summed E-state index contributed by atoms with van der Waals surface area (Å²) in [4.78, 5) is 50.9. The van der Waals surface area contributed by atoms with Crippen LogP contribution in [0.2, 0.25) is 0 Å². The number of carboxylic acid groups (broad SMARTS) is 1. The van der Waals surface area contributed by atoms with Gasteiger partial charge in [-0.3, -0.25) is 14.4 Å². The molecule has 71 heavy (non-hydrogen) atoms. The normalized spacial score (nSPS) is 19.4. The maximum absolute atomic E-state index is 13.1. The highest BCUT2D eigenvalue weighted by Gasteiger charge is 2.50. The number of hydrogen-bond acceptors (Lipinski definition) is 11. The summed E-state index contributed by atoms with van der Waals surface area (Å²) in [6, 6.07) is 0. The van der Waals surface area contributed by atoms with Gasteiger partial charge in [0, 0.05) is 19.3 Å². The van der Waals surface area contributed by atoms with Gasteiger partial charge in [-0.2, -0.15) is 0 Å². The van der Waals surface area contributed by atoms with Crippen LogP contribution in [0.4, 0.5) is 0 Å². The number of rotatable bonds is 43. The average Bonchev–Trinajstić information content (AvgIpc) is 3.35. The van der Waals surface area contributed by atoms with Crippen LogP contribution in [0.5, 0.6) is 0 Å². The number of carbonyl (C=O) groups is 4. The average molecular weight is 993 g/mol. The Balaban J connectivity index is 2.78. The van der Waals surface area contributed by atoms with Crippen molar-refractivity contribution in [3.63, 3.8) is 0 Å². The summed E-state index contributed by atoms with van der Waals surface area (Å²) >= 11 is 0. The standard InChI is InChI=1S/C59H92O12/c1-4-7-10-13-16-19-22-24-26-28-31-33-36-39-42-45-51(60)67-48-50(69-52(61)46-43-40-37-34-30-21-18-15-12-9-6-3)49-68-59-57(55(64)54(63)56(71-59)58(65)66)70-53(62)47-44-41-38-35-32-29-27-25-23-20-17-14-11-8-5-2/h7-8,10-11,15-20,24-27,31-33,35,50,54-57,59,63-64H,4-6,9,12-14,21-23,28-30,34,36-49H2,1-3H3,(H,65,66)/b10-7-,11-8-,18-15-,19-16-,20-17-,26-24-,27-25-,33-31-,35-32-. The van der Waals surface area contributed by atoms with Crippen LogP contribution in [0, 0.1) is 0 Å². The smallest absolute Gasteiger partial charge is 0.335 e. The second-order valence-corrected chi connectivity index (χ2v) is 17.7. The zero-order valence-electron chi connectivity index (χ0n) is 43.7. The van der Waals surface area contributed by atoms with E-state index >= 15 is 0 Å². The number of aliphatic hydroxyl groups excluding tert-OH is 2. The van der Waals surface area contributed by atoms with E-state index < -0.39 is 67.3 Å². The highest BCUT2D eigenvalue weighted by molar-refractivity contribution is 5.74. The summed E-state index contributed by atoms with van der Waals surface area (Å²) < 4.78 is 28.2. The number of allylic oxidation sites excluding steroid dienone is 18. The molecule has 6 unspecified atom stereocenters. The first-order valence-corrected chi connectivity index (χ1v) is 26.9. The summed E-state index contributed by atoms with van der Waals surface area (Å²) in [7, 11) is 0. The number of ether oxygens (including phenoxy) is 5. The van der Waals surface area contributed by atoms with Gasteiger partial charge in [0.25, 0.3) is 0 Å². The molecule has 0 bridgehead atoms. The van der Waals surface area contributed by atoms with Crippen LogP contribution in [0.15, 0.2) is 109 Å². The van der Waals surface area contributed by atoms with E-state index in [1.165, 1.54) is 12.8 Å². The van der Waals surface area contributed by atoms with Crippen molar-refractivity contribution in [1.82, 2.24) is 0 Å². The Hall–Kier alpha value is -4.62. The van der Waals surface area contributed by atoms with Crippen LogP contribution in [-0.2, 0) is 42.9 Å². The van der Waals surface area contributed by atoms with Crippen LogP contribution in [0.1, 0.15) is 188 Å². The van der Waals surface area contributed by atoms with E-state index in [1.807, 2.05) is 0 Å². The zero-order valence-corrected chi connectivity index (χ0v) is 43.7. The predicted molar refractivity (Wildman–Crippen MR) is 284 cm³/mol. The third-order valence-corrected chi connectivity index (χ3v) is 11.3. The molecule has 0 amide bonds. The molecule has 0 spiro atoms. The molecule has 0 saturated carbocycles. The second-order valence-electron chi connectivity index (χ2n) is 17.7. The minimum atomic E-state index is -1.93. The van der Waals surface area contributed by atoms with Crippen molar-refractivity contribution in [2.45, 2.75) is 225 Å². The lowest BCUT2D eigenvalue weighted by atomic mass is 9.98. The van der Waals surface area contributed by atoms with Gasteiger partial charge in [-0.05, 0) is 116 Å². The number of carboxylic acids is 1. The first-order chi connectivity index (χ1) is 34.6.